The van der Waals surface area contributed by atoms with E-state index >= 15 is 0 Å². The molecular weight excluding hydrogens is 418 g/mol. The zero-order valence-electron chi connectivity index (χ0n) is 20.0. The topological polar surface area (TPSA) is 33.5 Å². The number of allylic oxidation sites excluding steroid dienone is 4. The highest BCUT2D eigenvalue weighted by molar-refractivity contribution is 5.95. The van der Waals surface area contributed by atoms with Gasteiger partial charge in [0.05, 0.1) is 0 Å². The molecule has 0 saturated carbocycles. The second-order valence-corrected chi connectivity index (χ2v) is 9.95. The summed E-state index contributed by atoms with van der Waals surface area (Å²) in [6.07, 6.45) is 7.64. The van der Waals surface area contributed by atoms with Crippen molar-refractivity contribution >= 4 is 22.0 Å². The van der Waals surface area contributed by atoms with Gasteiger partial charge >= 0.3 is 0 Å². The third-order valence-corrected chi connectivity index (χ3v) is 7.51. The van der Waals surface area contributed by atoms with Gasteiger partial charge in [0.2, 0.25) is 0 Å². The summed E-state index contributed by atoms with van der Waals surface area (Å²) >= 11 is 0. The molecule has 0 atom stereocenters. The van der Waals surface area contributed by atoms with Gasteiger partial charge < -0.3 is 9.32 Å². The summed E-state index contributed by atoms with van der Waals surface area (Å²) in [4.78, 5) is 14.3. The van der Waals surface area contributed by atoms with E-state index in [2.05, 4.69) is 80.3 Å². The van der Waals surface area contributed by atoms with Crippen LogP contribution in [0.2, 0.25) is 0 Å². The van der Waals surface area contributed by atoms with Crippen LogP contribution in [0.25, 0.3) is 27.7 Å². The minimum absolute atomic E-state index is 0.0176. The van der Waals surface area contributed by atoms with Crippen molar-refractivity contribution in [1.29, 1.82) is 0 Å². The van der Waals surface area contributed by atoms with Gasteiger partial charge in [-0.3, -0.25) is 4.79 Å². The highest BCUT2D eigenvalue weighted by Gasteiger charge is 2.40. The number of benzene rings is 3. The second kappa shape index (κ2) is 7.73. The molecule has 0 fully saturated rings. The van der Waals surface area contributed by atoms with Crippen LogP contribution in [0.15, 0.2) is 87.7 Å². The molecule has 0 aromatic heterocycles. The third kappa shape index (κ3) is 3.14. The van der Waals surface area contributed by atoms with Crippen LogP contribution in [0.3, 0.4) is 0 Å². The van der Waals surface area contributed by atoms with Gasteiger partial charge in [-0.25, -0.2) is 0 Å². The molecule has 2 aromatic rings. The Labute approximate surface area is 200 Å². The van der Waals surface area contributed by atoms with Gasteiger partial charge in [-0.2, -0.15) is 0 Å². The van der Waals surface area contributed by atoms with Gasteiger partial charge in [0.25, 0.3) is 0 Å². The molecule has 0 N–H and O–H groups in total. The predicted octanol–water partition coefficient (Wildman–Crippen LogP) is 7.32. The summed E-state index contributed by atoms with van der Waals surface area (Å²) in [5.74, 6) is 1.60. The molecule has 3 nitrogen and oxygen atoms in total. The first-order valence-corrected chi connectivity index (χ1v) is 12.3. The SMILES string of the molecule is CCN1/C(=C\C=C2\CCCc3cc4ccc(=O)cc-4oc32)C(C)(C)c2c1ccc1ccccc21. The summed E-state index contributed by atoms with van der Waals surface area (Å²) in [7, 11) is 0. The van der Waals surface area contributed by atoms with Crippen LogP contribution in [0.4, 0.5) is 5.69 Å². The van der Waals surface area contributed by atoms with E-state index in [0.29, 0.717) is 5.76 Å². The molecule has 0 spiro atoms. The Morgan fingerprint density at radius 3 is 2.71 bits per heavy atom. The quantitative estimate of drug-likeness (QED) is 0.323. The van der Waals surface area contributed by atoms with Gasteiger partial charge in [-0.05, 0) is 84.0 Å². The van der Waals surface area contributed by atoms with Crippen LogP contribution in [0.5, 0.6) is 0 Å². The van der Waals surface area contributed by atoms with Gasteiger partial charge in [-0.15, -0.1) is 0 Å². The van der Waals surface area contributed by atoms with E-state index in [9.17, 15) is 4.79 Å². The van der Waals surface area contributed by atoms with Crippen molar-refractivity contribution in [3.63, 3.8) is 0 Å². The minimum atomic E-state index is -0.112. The van der Waals surface area contributed by atoms with Crippen molar-refractivity contribution in [3.05, 3.63) is 106 Å². The van der Waals surface area contributed by atoms with Gasteiger partial charge in [-0.1, -0.05) is 50.3 Å². The molecule has 2 aliphatic heterocycles. The van der Waals surface area contributed by atoms with Crippen LogP contribution < -0.4 is 10.3 Å². The number of hydrogen-bond acceptors (Lipinski definition) is 3. The maximum Gasteiger partial charge on any atom is 0.182 e. The summed E-state index contributed by atoms with van der Waals surface area (Å²) < 4.78 is 6.31. The highest BCUT2D eigenvalue weighted by atomic mass is 16.3. The average Bonchev–Trinajstić information content (AvgIpc) is 3.07. The van der Waals surface area contributed by atoms with Crippen LogP contribution in [-0.4, -0.2) is 6.54 Å². The predicted molar refractivity (Wildman–Crippen MR) is 141 cm³/mol. The Morgan fingerprint density at radius 1 is 1.00 bits per heavy atom. The van der Waals surface area contributed by atoms with Crippen molar-refractivity contribution in [2.75, 3.05) is 11.4 Å². The Balaban J connectivity index is 1.49. The first kappa shape index (κ1) is 21.0. The first-order valence-electron chi connectivity index (χ1n) is 12.3. The lowest BCUT2D eigenvalue weighted by Gasteiger charge is -2.26. The van der Waals surface area contributed by atoms with Crippen molar-refractivity contribution in [2.24, 2.45) is 0 Å². The Hall–Kier alpha value is -3.59. The number of nitrogens with zero attached hydrogens (tertiary/aromatic N) is 1. The molecule has 3 heteroatoms. The third-order valence-electron chi connectivity index (χ3n) is 7.51. The second-order valence-electron chi connectivity index (χ2n) is 9.95. The Kier molecular flexibility index (Phi) is 4.77. The zero-order valence-corrected chi connectivity index (χ0v) is 20.0. The van der Waals surface area contributed by atoms with Crippen molar-refractivity contribution in [3.8, 4) is 11.3 Å². The number of rotatable bonds is 2. The number of hydrogen-bond donors (Lipinski definition) is 0. The molecule has 2 heterocycles. The summed E-state index contributed by atoms with van der Waals surface area (Å²) in [6, 6.07) is 20.5. The monoisotopic (exact) mass is 447 g/mol. The van der Waals surface area contributed by atoms with E-state index < -0.39 is 0 Å². The van der Waals surface area contributed by atoms with Crippen molar-refractivity contribution in [1.82, 2.24) is 0 Å². The molecule has 34 heavy (non-hydrogen) atoms. The number of anilines is 1. The fourth-order valence-corrected chi connectivity index (χ4v) is 5.91. The number of fused-ring (bicyclic) bond motifs is 5. The molecule has 0 amide bonds. The van der Waals surface area contributed by atoms with E-state index in [-0.39, 0.29) is 10.8 Å². The van der Waals surface area contributed by atoms with Crippen LogP contribution in [0.1, 0.15) is 50.5 Å². The largest absolute Gasteiger partial charge is 0.456 e. The minimum Gasteiger partial charge on any atom is -0.456 e. The normalized spacial score (nSPS) is 19.2. The summed E-state index contributed by atoms with van der Waals surface area (Å²) in [5.41, 5.74) is 7.32. The molecule has 6 rings (SSSR count). The lowest BCUT2D eigenvalue weighted by molar-refractivity contribution is 0.526. The molecule has 0 bridgehead atoms. The smallest absolute Gasteiger partial charge is 0.182 e. The molecule has 2 aliphatic carbocycles. The molecule has 0 saturated heterocycles. The van der Waals surface area contributed by atoms with Crippen LogP contribution >= 0.6 is 0 Å². The molecule has 4 aliphatic rings. The van der Waals surface area contributed by atoms with Crippen molar-refractivity contribution in [2.45, 2.75) is 45.4 Å². The van der Waals surface area contributed by atoms with Gasteiger partial charge in [0, 0.05) is 35.0 Å². The molecule has 170 valence electrons. The molecule has 2 aromatic carbocycles. The van der Waals surface area contributed by atoms with E-state index in [1.807, 2.05) is 6.07 Å². The van der Waals surface area contributed by atoms with Gasteiger partial charge in [0.1, 0.15) is 11.5 Å². The molecule has 0 radical (unpaired) electrons. The maximum atomic E-state index is 11.9. The zero-order chi connectivity index (χ0) is 23.4. The summed E-state index contributed by atoms with van der Waals surface area (Å²) in [5, 5.41) is 2.62. The lowest BCUT2D eigenvalue weighted by atomic mass is 9.81. The highest BCUT2D eigenvalue weighted by Crippen LogP contribution is 2.50. The van der Waals surface area contributed by atoms with E-state index in [1.165, 1.54) is 38.9 Å². The van der Waals surface area contributed by atoms with Crippen molar-refractivity contribution < 1.29 is 4.42 Å². The lowest BCUT2D eigenvalue weighted by Crippen LogP contribution is -2.25. The standard InChI is InChI=1S/C31H29NO2/c1-4-32-26-16-13-20-8-5-6-11-25(20)29(26)31(2,3)28(32)17-14-21-9-7-10-23-18-22-12-15-24(33)19-27(22)34-30(21)23/h5-6,8,11-19H,4,7,9-10H2,1-3H3/b21-14-,28-17-. The van der Waals surface area contributed by atoms with Gasteiger partial charge in [0.15, 0.2) is 5.43 Å². The number of aryl methyl sites for hydroxylation is 1. The average molecular weight is 448 g/mol. The maximum absolute atomic E-state index is 11.9. The van der Waals surface area contributed by atoms with Crippen LogP contribution in [-0.2, 0) is 11.8 Å². The Morgan fingerprint density at radius 2 is 1.85 bits per heavy atom. The van der Waals surface area contributed by atoms with E-state index in [4.69, 9.17) is 4.42 Å². The van der Waals surface area contributed by atoms with E-state index in [1.54, 1.807) is 12.1 Å². The Bertz CT molecular complexity index is 1520. The molecular formula is C31H29NO2. The number of likely N-dealkylation sites (N-methyl/N-ethyl adjacent to an activating group) is 1. The summed E-state index contributed by atoms with van der Waals surface area (Å²) in [6.45, 7) is 7.81. The fourth-order valence-electron chi connectivity index (χ4n) is 5.91. The first-order chi connectivity index (χ1) is 16.5. The van der Waals surface area contributed by atoms with Crippen LogP contribution in [0, 0.1) is 0 Å². The van der Waals surface area contributed by atoms with E-state index in [0.717, 1.165) is 37.1 Å². The molecule has 0 unspecified atom stereocenters. The fraction of sp³-hybridized carbons (Fsp3) is 0.258.